The second-order valence-electron chi connectivity index (χ2n) is 6.35. The lowest BCUT2D eigenvalue weighted by Gasteiger charge is -2.31. The number of fused-ring (bicyclic) bond motifs is 1. The van der Waals surface area contributed by atoms with Crippen LogP contribution < -0.4 is 4.90 Å². The van der Waals surface area contributed by atoms with Crippen molar-refractivity contribution in [1.82, 2.24) is 4.98 Å². The number of pyridine rings is 1. The van der Waals surface area contributed by atoms with Crippen molar-refractivity contribution in [3.8, 4) is 0 Å². The van der Waals surface area contributed by atoms with Crippen molar-refractivity contribution < 1.29 is 9.90 Å². The molecule has 3 heterocycles. The molecule has 0 bridgehead atoms. The van der Waals surface area contributed by atoms with Gasteiger partial charge in [-0.25, -0.2) is 4.98 Å². The molecule has 1 atom stereocenters. The highest BCUT2D eigenvalue weighted by atomic mass is 16.4. The van der Waals surface area contributed by atoms with Gasteiger partial charge in [-0.3, -0.25) is 9.79 Å². The van der Waals surface area contributed by atoms with Gasteiger partial charge in [0.25, 0.3) is 0 Å². The Kier molecular flexibility index (Phi) is 3.76. The van der Waals surface area contributed by atoms with Gasteiger partial charge in [0.15, 0.2) is 0 Å². The third-order valence-electron chi connectivity index (χ3n) is 4.79. The molecule has 0 aliphatic carbocycles. The van der Waals surface area contributed by atoms with Crippen molar-refractivity contribution in [3.05, 3.63) is 59.3 Å². The lowest BCUT2D eigenvalue weighted by molar-refractivity contribution is -0.141. The molecule has 5 nitrogen and oxygen atoms in total. The van der Waals surface area contributed by atoms with E-state index in [1.54, 1.807) is 6.20 Å². The van der Waals surface area contributed by atoms with Crippen molar-refractivity contribution in [2.45, 2.75) is 19.4 Å². The van der Waals surface area contributed by atoms with Crippen LogP contribution in [0.15, 0.2) is 47.6 Å². The number of carboxylic acid groups (broad SMARTS) is 1. The minimum absolute atomic E-state index is 0.311. The van der Waals surface area contributed by atoms with Crippen molar-refractivity contribution >= 4 is 17.5 Å². The topological polar surface area (TPSA) is 65.8 Å². The van der Waals surface area contributed by atoms with Crippen LogP contribution in [0.4, 0.5) is 5.82 Å². The summed E-state index contributed by atoms with van der Waals surface area (Å²) in [7, 11) is 0. The Labute approximate surface area is 140 Å². The molecule has 5 heteroatoms. The normalized spacial score (nSPS) is 19.8. The molecule has 24 heavy (non-hydrogen) atoms. The minimum Gasteiger partial charge on any atom is -0.481 e. The fourth-order valence-electron chi connectivity index (χ4n) is 3.51. The van der Waals surface area contributed by atoms with Crippen LogP contribution in [-0.2, 0) is 11.3 Å². The van der Waals surface area contributed by atoms with E-state index < -0.39 is 5.97 Å². The van der Waals surface area contributed by atoms with E-state index in [0.29, 0.717) is 13.1 Å². The van der Waals surface area contributed by atoms with Crippen molar-refractivity contribution in [1.29, 1.82) is 0 Å². The average molecular weight is 321 g/mol. The number of carboxylic acids is 1. The number of anilines is 1. The van der Waals surface area contributed by atoms with Crippen LogP contribution in [-0.4, -0.2) is 34.9 Å². The zero-order chi connectivity index (χ0) is 16.5. The SMILES string of the molecule is O=C(O)[C@@H]1CCCN(c2cc(C3=NCc4ccccc43)ccn2)C1. The molecule has 0 spiro atoms. The fourth-order valence-corrected chi connectivity index (χ4v) is 3.51. The lowest BCUT2D eigenvalue weighted by Crippen LogP contribution is -2.39. The first-order chi connectivity index (χ1) is 11.7. The summed E-state index contributed by atoms with van der Waals surface area (Å²) >= 11 is 0. The molecule has 0 saturated carbocycles. The number of aromatic nitrogens is 1. The quantitative estimate of drug-likeness (QED) is 0.944. The molecule has 0 radical (unpaired) electrons. The third kappa shape index (κ3) is 2.66. The third-order valence-corrected chi connectivity index (χ3v) is 4.79. The second kappa shape index (κ2) is 6.07. The van der Waals surface area contributed by atoms with Crippen LogP contribution in [0.5, 0.6) is 0 Å². The summed E-state index contributed by atoms with van der Waals surface area (Å²) < 4.78 is 0. The predicted molar refractivity (Wildman–Crippen MR) is 92.6 cm³/mol. The van der Waals surface area contributed by atoms with Gasteiger partial charge in [-0.05, 0) is 30.5 Å². The molecule has 1 N–H and O–H groups in total. The van der Waals surface area contributed by atoms with E-state index in [2.05, 4.69) is 27.0 Å². The van der Waals surface area contributed by atoms with E-state index >= 15 is 0 Å². The first-order valence-electron chi connectivity index (χ1n) is 8.29. The first-order valence-corrected chi connectivity index (χ1v) is 8.29. The van der Waals surface area contributed by atoms with Gasteiger partial charge in [0, 0.05) is 30.4 Å². The van der Waals surface area contributed by atoms with Gasteiger partial charge >= 0.3 is 5.97 Å². The van der Waals surface area contributed by atoms with Crippen LogP contribution in [0.3, 0.4) is 0 Å². The molecule has 0 amide bonds. The van der Waals surface area contributed by atoms with Gasteiger partial charge in [-0.2, -0.15) is 0 Å². The molecule has 2 aliphatic rings. The Morgan fingerprint density at radius 2 is 2.12 bits per heavy atom. The summed E-state index contributed by atoms with van der Waals surface area (Å²) in [5.41, 5.74) is 4.47. The van der Waals surface area contributed by atoms with Crippen molar-refractivity contribution in [2.24, 2.45) is 10.9 Å². The van der Waals surface area contributed by atoms with Crippen molar-refractivity contribution in [2.75, 3.05) is 18.0 Å². The average Bonchev–Trinajstić information content (AvgIpc) is 3.06. The smallest absolute Gasteiger partial charge is 0.308 e. The van der Waals surface area contributed by atoms with Crippen LogP contribution in [0, 0.1) is 5.92 Å². The molecule has 1 fully saturated rings. The monoisotopic (exact) mass is 321 g/mol. The molecule has 1 saturated heterocycles. The van der Waals surface area contributed by atoms with Crippen LogP contribution >= 0.6 is 0 Å². The minimum atomic E-state index is -0.718. The Morgan fingerprint density at radius 3 is 3.00 bits per heavy atom. The standard InChI is InChI=1S/C19H19N3O2/c23-19(24)15-5-3-9-22(12-15)17-10-13(7-8-20-17)18-16-6-2-1-4-14(16)11-21-18/h1-2,4,6-8,10,15H,3,5,9,11-12H2,(H,23,24)/t15-/m1/s1. The molecule has 0 unspecified atom stereocenters. The number of aliphatic imine (C=N–C) groups is 1. The first kappa shape index (κ1) is 14.9. The molecule has 2 aromatic rings. The highest BCUT2D eigenvalue weighted by Gasteiger charge is 2.26. The van der Waals surface area contributed by atoms with E-state index in [1.807, 2.05) is 24.3 Å². The summed E-state index contributed by atoms with van der Waals surface area (Å²) in [6.45, 7) is 2.09. The van der Waals surface area contributed by atoms with Crippen LogP contribution in [0.25, 0.3) is 0 Å². The Bertz CT molecular complexity index is 816. The number of rotatable bonds is 3. The highest BCUT2D eigenvalue weighted by molar-refractivity contribution is 6.15. The number of hydrogen-bond donors (Lipinski definition) is 1. The number of benzene rings is 1. The van der Waals surface area contributed by atoms with E-state index in [4.69, 9.17) is 0 Å². The summed E-state index contributed by atoms with van der Waals surface area (Å²) in [5, 5.41) is 9.27. The fraction of sp³-hybridized carbons (Fsp3) is 0.316. The number of hydrogen-bond acceptors (Lipinski definition) is 4. The van der Waals surface area contributed by atoms with E-state index in [9.17, 15) is 9.90 Å². The van der Waals surface area contributed by atoms with Crippen molar-refractivity contribution in [3.63, 3.8) is 0 Å². The molecule has 122 valence electrons. The zero-order valence-corrected chi connectivity index (χ0v) is 13.4. The predicted octanol–water partition coefficient (Wildman–Crippen LogP) is 2.73. The molecule has 2 aliphatic heterocycles. The van der Waals surface area contributed by atoms with E-state index in [1.165, 1.54) is 11.1 Å². The maximum Gasteiger partial charge on any atom is 0.308 e. The summed E-state index contributed by atoms with van der Waals surface area (Å²) in [4.78, 5) is 22.5. The molecule has 4 rings (SSSR count). The molecular weight excluding hydrogens is 302 g/mol. The van der Waals surface area contributed by atoms with Gasteiger partial charge in [-0.15, -0.1) is 0 Å². The Morgan fingerprint density at radius 1 is 1.25 bits per heavy atom. The summed E-state index contributed by atoms with van der Waals surface area (Å²) in [6.07, 6.45) is 3.41. The van der Waals surface area contributed by atoms with Gasteiger partial charge in [0.2, 0.25) is 0 Å². The largest absolute Gasteiger partial charge is 0.481 e. The van der Waals surface area contributed by atoms with E-state index in [0.717, 1.165) is 36.5 Å². The summed E-state index contributed by atoms with van der Waals surface area (Å²) in [6, 6.07) is 12.3. The molecule has 1 aromatic carbocycles. The molecular formula is C19H19N3O2. The maximum atomic E-state index is 11.3. The van der Waals surface area contributed by atoms with E-state index in [-0.39, 0.29) is 5.92 Å². The number of piperidine rings is 1. The second-order valence-corrected chi connectivity index (χ2v) is 6.35. The van der Waals surface area contributed by atoms with Gasteiger partial charge < -0.3 is 10.0 Å². The number of carbonyl (C=O) groups is 1. The maximum absolute atomic E-state index is 11.3. The van der Waals surface area contributed by atoms with Crippen LogP contribution in [0.1, 0.15) is 29.5 Å². The number of nitrogens with zero attached hydrogens (tertiary/aromatic N) is 3. The highest BCUT2D eigenvalue weighted by Crippen LogP contribution is 2.26. The molecule has 1 aromatic heterocycles. The summed E-state index contributed by atoms with van der Waals surface area (Å²) in [5.74, 6) is -0.191. The van der Waals surface area contributed by atoms with Gasteiger partial charge in [0.1, 0.15) is 5.82 Å². The van der Waals surface area contributed by atoms with Gasteiger partial charge in [-0.1, -0.05) is 24.3 Å². The zero-order valence-electron chi connectivity index (χ0n) is 13.4. The van der Waals surface area contributed by atoms with Crippen LogP contribution in [0.2, 0.25) is 0 Å². The Hall–Kier alpha value is -2.69. The number of aliphatic carboxylic acids is 1. The Balaban J connectivity index is 1.62. The lowest BCUT2D eigenvalue weighted by atomic mass is 9.97. The van der Waals surface area contributed by atoms with Gasteiger partial charge in [0.05, 0.1) is 18.2 Å².